The Bertz CT molecular complexity index is 871. The number of para-hydroxylation sites is 2. The molecule has 1 atom stereocenters. The van der Waals surface area contributed by atoms with E-state index in [1.165, 1.54) is 11.4 Å². The molecule has 1 aliphatic rings. The molecule has 0 spiro atoms. The summed E-state index contributed by atoms with van der Waals surface area (Å²) in [5.41, 5.74) is 4.43. The number of rotatable bonds is 4. The molecule has 2 aromatic heterocycles. The van der Waals surface area contributed by atoms with E-state index in [-0.39, 0.29) is 11.9 Å². The van der Waals surface area contributed by atoms with Crippen LogP contribution in [-0.2, 0) is 11.3 Å². The monoisotopic (exact) mass is 350 g/mol. The molecule has 3 aromatic rings. The van der Waals surface area contributed by atoms with Gasteiger partial charge in [-0.25, -0.2) is 4.98 Å². The van der Waals surface area contributed by atoms with E-state index >= 15 is 0 Å². The average Bonchev–Trinajstić information content (AvgIpc) is 3.23. The van der Waals surface area contributed by atoms with Crippen molar-refractivity contribution in [1.29, 1.82) is 0 Å². The molecule has 0 aliphatic carbocycles. The first kappa shape index (κ1) is 16.9. The predicted molar refractivity (Wildman–Crippen MR) is 103 cm³/mol. The van der Waals surface area contributed by atoms with Crippen molar-refractivity contribution >= 4 is 16.9 Å². The second-order valence-corrected chi connectivity index (χ2v) is 7.26. The second-order valence-electron chi connectivity index (χ2n) is 7.26. The topological polar surface area (TPSA) is 53.9 Å². The van der Waals surface area contributed by atoms with E-state index in [1.807, 2.05) is 29.2 Å². The Morgan fingerprint density at radius 2 is 1.92 bits per heavy atom. The highest BCUT2D eigenvalue weighted by atomic mass is 16.2. The minimum atomic E-state index is 0.0653. The van der Waals surface area contributed by atoms with Crippen molar-refractivity contribution in [2.75, 3.05) is 6.54 Å². The fourth-order valence-electron chi connectivity index (χ4n) is 4.05. The Balaban J connectivity index is 1.52. The molecule has 136 valence electrons. The molecule has 0 bridgehead atoms. The van der Waals surface area contributed by atoms with Crippen LogP contribution in [0.15, 0.2) is 36.4 Å². The summed E-state index contributed by atoms with van der Waals surface area (Å²) in [5, 5.41) is 0. The molecule has 1 aromatic carbocycles. The number of aryl methyl sites for hydroxylation is 2. The number of likely N-dealkylation sites (tertiary alicyclic amines) is 1. The quantitative estimate of drug-likeness (QED) is 0.769. The van der Waals surface area contributed by atoms with Gasteiger partial charge in [-0.1, -0.05) is 12.1 Å². The number of hydrogen-bond acceptors (Lipinski definition) is 2. The SMILES string of the molecule is Cc1ccc(C)n1CCC(=O)N1CCCC[C@@H]1c1nc2ccccc2[nH]1. The smallest absolute Gasteiger partial charge is 0.224 e. The molecule has 4 rings (SSSR count). The number of carbonyl (C=O) groups is 1. The summed E-state index contributed by atoms with van der Waals surface area (Å²) >= 11 is 0. The van der Waals surface area contributed by atoms with Crippen molar-refractivity contribution in [2.24, 2.45) is 0 Å². The molecule has 3 heterocycles. The van der Waals surface area contributed by atoms with E-state index < -0.39 is 0 Å². The Morgan fingerprint density at radius 3 is 2.69 bits per heavy atom. The molecular formula is C21H26N4O. The van der Waals surface area contributed by atoms with E-state index in [2.05, 4.69) is 35.5 Å². The summed E-state index contributed by atoms with van der Waals surface area (Å²) in [7, 11) is 0. The molecule has 26 heavy (non-hydrogen) atoms. The number of nitrogens with one attached hydrogen (secondary N) is 1. The van der Waals surface area contributed by atoms with Crippen LogP contribution in [0, 0.1) is 13.8 Å². The van der Waals surface area contributed by atoms with Gasteiger partial charge in [-0.05, 0) is 57.4 Å². The molecule has 0 unspecified atom stereocenters. The van der Waals surface area contributed by atoms with Gasteiger partial charge in [0, 0.05) is 30.9 Å². The minimum Gasteiger partial charge on any atom is -0.349 e. The van der Waals surface area contributed by atoms with Crippen molar-refractivity contribution in [3.8, 4) is 0 Å². The molecule has 1 amide bonds. The molecule has 0 saturated carbocycles. The van der Waals surface area contributed by atoms with Gasteiger partial charge in [0.25, 0.3) is 0 Å². The number of aromatic amines is 1. The average molecular weight is 350 g/mol. The number of piperidine rings is 1. The third-order valence-electron chi connectivity index (χ3n) is 5.51. The number of fused-ring (bicyclic) bond motifs is 1. The number of amides is 1. The first-order valence-electron chi connectivity index (χ1n) is 9.50. The molecule has 5 heteroatoms. The van der Waals surface area contributed by atoms with Crippen LogP contribution in [0.1, 0.15) is 48.9 Å². The van der Waals surface area contributed by atoms with E-state index in [0.29, 0.717) is 6.42 Å². The van der Waals surface area contributed by atoms with Crippen molar-refractivity contribution < 1.29 is 4.79 Å². The van der Waals surface area contributed by atoms with Crippen LogP contribution < -0.4 is 0 Å². The lowest BCUT2D eigenvalue weighted by atomic mass is 10.0. The van der Waals surface area contributed by atoms with Gasteiger partial charge in [0.15, 0.2) is 0 Å². The summed E-state index contributed by atoms with van der Waals surface area (Å²) in [4.78, 5) is 23.2. The van der Waals surface area contributed by atoms with Gasteiger partial charge in [-0.3, -0.25) is 4.79 Å². The van der Waals surface area contributed by atoms with Crippen molar-refractivity contribution in [2.45, 2.75) is 52.1 Å². The zero-order chi connectivity index (χ0) is 18.1. The highest BCUT2D eigenvalue weighted by Gasteiger charge is 2.30. The van der Waals surface area contributed by atoms with Gasteiger partial charge in [0.1, 0.15) is 5.82 Å². The first-order chi connectivity index (χ1) is 12.6. The highest BCUT2D eigenvalue weighted by Crippen LogP contribution is 2.31. The van der Waals surface area contributed by atoms with Crippen molar-refractivity contribution in [3.63, 3.8) is 0 Å². The van der Waals surface area contributed by atoms with Gasteiger partial charge >= 0.3 is 0 Å². The number of hydrogen-bond donors (Lipinski definition) is 1. The van der Waals surface area contributed by atoms with Crippen LogP contribution in [0.4, 0.5) is 0 Å². The van der Waals surface area contributed by atoms with Crippen LogP contribution >= 0.6 is 0 Å². The summed E-state index contributed by atoms with van der Waals surface area (Å²) in [6.07, 6.45) is 3.73. The maximum Gasteiger partial charge on any atom is 0.224 e. The zero-order valence-electron chi connectivity index (χ0n) is 15.5. The molecule has 1 fully saturated rings. The first-order valence-corrected chi connectivity index (χ1v) is 9.50. The van der Waals surface area contributed by atoms with Crippen molar-refractivity contribution in [3.05, 3.63) is 53.6 Å². The minimum absolute atomic E-state index is 0.0653. The van der Waals surface area contributed by atoms with Crippen LogP contribution in [-0.4, -0.2) is 31.9 Å². The summed E-state index contributed by atoms with van der Waals surface area (Å²) in [6, 6.07) is 12.3. The largest absolute Gasteiger partial charge is 0.349 e. The van der Waals surface area contributed by atoms with Gasteiger partial charge < -0.3 is 14.5 Å². The number of nitrogens with zero attached hydrogens (tertiary/aromatic N) is 3. The van der Waals surface area contributed by atoms with E-state index in [9.17, 15) is 4.79 Å². The summed E-state index contributed by atoms with van der Waals surface area (Å²) in [5.74, 6) is 1.15. The Kier molecular flexibility index (Phi) is 4.53. The lowest BCUT2D eigenvalue weighted by Crippen LogP contribution is -2.39. The second kappa shape index (κ2) is 6.98. The maximum atomic E-state index is 13.0. The Hall–Kier alpha value is -2.56. The lowest BCUT2D eigenvalue weighted by molar-refractivity contribution is -0.135. The van der Waals surface area contributed by atoms with Crippen molar-refractivity contribution in [1.82, 2.24) is 19.4 Å². The molecule has 0 radical (unpaired) electrons. The normalized spacial score (nSPS) is 17.8. The fraction of sp³-hybridized carbons (Fsp3) is 0.429. The van der Waals surface area contributed by atoms with E-state index in [0.717, 1.165) is 49.2 Å². The van der Waals surface area contributed by atoms with Gasteiger partial charge in [0.2, 0.25) is 5.91 Å². The molecule has 1 aliphatic heterocycles. The summed E-state index contributed by atoms with van der Waals surface area (Å²) < 4.78 is 2.22. The predicted octanol–water partition coefficient (Wildman–Crippen LogP) is 4.13. The van der Waals surface area contributed by atoms with Crippen LogP contribution in [0.2, 0.25) is 0 Å². The third kappa shape index (κ3) is 3.14. The highest BCUT2D eigenvalue weighted by molar-refractivity contribution is 5.78. The summed E-state index contributed by atoms with van der Waals surface area (Å²) in [6.45, 7) is 5.75. The Labute approximate surface area is 154 Å². The number of H-pyrrole nitrogens is 1. The number of carbonyl (C=O) groups excluding carboxylic acids is 1. The van der Waals surface area contributed by atoms with E-state index in [1.54, 1.807) is 0 Å². The van der Waals surface area contributed by atoms with Gasteiger partial charge in [-0.2, -0.15) is 0 Å². The molecular weight excluding hydrogens is 324 g/mol. The molecule has 5 nitrogen and oxygen atoms in total. The Morgan fingerprint density at radius 1 is 1.15 bits per heavy atom. The third-order valence-corrected chi connectivity index (χ3v) is 5.51. The number of imidazole rings is 1. The van der Waals surface area contributed by atoms with Gasteiger partial charge in [-0.15, -0.1) is 0 Å². The lowest BCUT2D eigenvalue weighted by Gasteiger charge is -2.34. The van der Waals surface area contributed by atoms with Crippen LogP contribution in [0.5, 0.6) is 0 Å². The van der Waals surface area contributed by atoms with E-state index in [4.69, 9.17) is 4.98 Å². The number of benzene rings is 1. The zero-order valence-corrected chi connectivity index (χ0v) is 15.5. The standard InChI is InChI=1S/C21H26N4O/c1-15-10-11-16(2)24(15)14-12-20(26)25-13-6-5-9-19(25)21-22-17-7-3-4-8-18(17)23-21/h3-4,7-8,10-11,19H,5-6,9,12-14H2,1-2H3,(H,22,23)/t19-/m1/s1. The molecule has 1 saturated heterocycles. The fourth-order valence-corrected chi connectivity index (χ4v) is 4.05. The molecule has 1 N–H and O–H groups in total. The van der Waals surface area contributed by atoms with Crippen LogP contribution in [0.25, 0.3) is 11.0 Å². The number of aromatic nitrogens is 3. The maximum absolute atomic E-state index is 13.0. The van der Waals surface area contributed by atoms with Gasteiger partial charge in [0.05, 0.1) is 17.1 Å². The van der Waals surface area contributed by atoms with Crippen LogP contribution in [0.3, 0.4) is 0 Å².